The zero-order valence-electron chi connectivity index (χ0n) is 12.7. The number of aromatic nitrogens is 3. The Bertz CT molecular complexity index is 717. The molecule has 1 saturated heterocycles. The minimum Gasteiger partial charge on any atom is -0.353 e. The second kappa shape index (κ2) is 5.50. The Morgan fingerprint density at radius 1 is 1.05 bits per heavy atom. The van der Waals surface area contributed by atoms with E-state index in [1.807, 2.05) is 18.6 Å². The topological polar surface area (TPSA) is 45.2 Å². The SMILES string of the molecule is CN1CCN(c2cncc(-c3cnc4c(c3)C=CC4)n2)CC1. The van der Waals surface area contributed by atoms with E-state index in [2.05, 4.69) is 45.0 Å². The number of pyridine rings is 1. The van der Waals surface area contributed by atoms with Gasteiger partial charge in [0.1, 0.15) is 5.82 Å². The van der Waals surface area contributed by atoms with Crippen LogP contribution in [0.15, 0.2) is 30.7 Å². The molecule has 1 aliphatic carbocycles. The van der Waals surface area contributed by atoms with Crippen LogP contribution in [0.5, 0.6) is 0 Å². The third kappa shape index (κ3) is 2.48. The molecular formula is C17H19N5. The van der Waals surface area contributed by atoms with Crippen molar-refractivity contribution in [2.24, 2.45) is 0 Å². The average Bonchev–Trinajstić information content (AvgIpc) is 3.03. The minimum absolute atomic E-state index is 0.895. The quantitative estimate of drug-likeness (QED) is 0.845. The van der Waals surface area contributed by atoms with Crippen molar-refractivity contribution < 1.29 is 0 Å². The summed E-state index contributed by atoms with van der Waals surface area (Å²) < 4.78 is 0. The van der Waals surface area contributed by atoms with Crippen molar-refractivity contribution in [3.63, 3.8) is 0 Å². The van der Waals surface area contributed by atoms with Gasteiger partial charge in [0.2, 0.25) is 0 Å². The largest absolute Gasteiger partial charge is 0.353 e. The maximum absolute atomic E-state index is 4.80. The molecule has 4 rings (SSSR count). The van der Waals surface area contributed by atoms with E-state index < -0.39 is 0 Å². The highest BCUT2D eigenvalue weighted by Crippen LogP contribution is 2.24. The molecule has 22 heavy (non-hydrogen) atoms. The Labute approximate surface area is 130 Å². The van der Waals surface area contributed by atoms with Crippen LogP contribution in [0, 0.1) is 0 Å². The first kappa shape index (κ1) is 13.4. The predicted octanol–water partition coefficient (Wildman–Crippen LogP) is 1.86. The standard InChI is InChI=1S/C17H19N5/c1-21-5-7-22(8-6-21)17-12-18-11-16(20-17)14-9-13-3-2-4-15(13)19-10-14/h2-3,9-12H,4-8H2,1H3. The molecule has 5 nitrogen and oxygen atoms in total. The smallest absolute Gasteiger partial charge is 0.147 e. The Kier molecular flexibility index (Phi) is 3.35. The minimum atomic E-state index is 0.895. The molecule has 0 amide bonds. The Morgan fingerprint density at radius 2 is 1.91 bits per heavy atom. The van der Waals surface area contributed by atoms with Gasteiger partial charge in [-0.2, -0.15) is 0 Å². The van der Waals surface area contributed by atoms with Gasteiger partial charge in [-0.25, -0.2) is 4.98 Å². The molecule has 0 radical (unpaired) electrons. The summed E-state index contributed by atoms with van der Waals surface area (Å²) in [6.45, 7) is 4.13. The molecule has 0 atom stereocenters. The van der Waals surface area contributed by atoms with E-state index in [0.29, 0.717) is 0 Å². The van der Waals surface area contributed by atoms with Crippen molar-refractivity contribution in [2.75, 3.05) is 38.1 Å². The van der Waals surface area contributed by atoms with Crippen LogP contribution in [-0.4, -0.2) is 53.1 Å². The summed E-state index contributed by atoms with van der Waals surface area (Å²) in [6, 6.07) is 2.16. The summed E-state index contributed by atoms with van der Waals surface area (Å²) in [5.41, 5.74) is 4.28. The lowest BCUT2D eigenvalue weighted by Crippen LogP contribution is -2.44. The van der Waals surface area contributed by atoms with Gasteiger partial charge in [0.25, 0.3) is 0 Å². The van der Waals surface area contributed by atoms with Crippen LogP contribution in [0.1, 0.15) is 11.3 Å². The van der Waals surface area contributed by atoms with Crippen LogP contribution in [0.2, 0.25) is 0 Å². The summed E-state index contributed by atoms with van der Waals surface area (Å²) >= 11 is 0. The molecule has 2 aliphatic rings. The van der Waals surface area contributed by atoms with Crippen molar-refractivity contribution >= 4 is 11.9 Å². The maximum atomic E-state index is 4.80. The van der Waals surface area contributed by atoms with Crippen molar-refractivity contribution in [3.8, 4) is 11.3 Å². The first-order valence-electron chi connectivity index (χ1n) is 7.71. The summed E-state index contributed by atoms with van der Waals surface area (Å²) in [7, 11) is 2.16. The van der Waals surface area contributed by atoms with Gasteiger partial charge in [-0.15, -0.1) is 0 Å². The molecule has 3 heterocycles. The second-order valence-electron chi connectivity index (χ2n) is 5.92. The number of fused-ring (bicyclic) bond motifs is 1. The van der Waals surface area contributed by atoms with Crippen molar-refractivity contribution in [1.82, 2.24) is 19.9 Å². The average molecular weight is 293 g/mol. The molecule has 1 fully saturated rings. The van der Waals surface area contributed by atoms with Gasteiger partial charge >= 0.3 is 0 Å². The lowest BCUT2D eigenvalue weighted by Gasteiger charge is -2.33. The molecule has 5 heteroatoms. The van der Waals surface area contributed by atoms with Gasteiger partial charge in [0, 0.05) is 44.4 Å². The maximum Gasteiger partial charge on any atom is 0.147 e. The number of allylic oxidation sites excluding steroid dienone is 1. The molecule has 0 unspecified atom stereocenters. The number of hydrogen-bond acceptors (Lipinski definition) is 5. The van der Waals surface area contributed by atoms with Crippen molar-refractivity contribution in [1.29, 1.82) is 0 Å². The Balaban J connectivity index is 1.63. The molecule has 0 aromatic carbocycles. The molecule has 0 bridgehead atoms. The lowest BCUT2D eigenvalue weighted by molar-refractivity contribution is 0.312. The summed E-state index contributed by atoms with van der Waals surface area (Å²) in [5.74, 6) is 0.960. The monoisotopic (exact) mass is 293 g/mol. The Morgan fingerprint density at radius 3 is 2.77 bits per heavy atom. The fourth-order valence-electron chi connectivity index (χ4n) is 2.95. The van der Waals surface area contributed by atoms with E-state index in [1.54, 1.807) is 0 Å². The number of piperazine rings is 1. The highest BCUT2D eigenvalue weighted by atomic mass is 15.3. The van der Waals surface area contributed by atoms with E-state index in [1.165, 1.54) is 5.56 Å². The highest BCUT2D eigenvalue weighted by Gasteiger charge is 2.16. The lowest BCUT2D eigenvalue weighted by atomic mass is 10.1. The normalized spacial score (nSPS) is 17.8. The van der Waals surface area contributed by atoms with E-state index in [-0.39, 0.29) is 0 Å². The van der Waals surface area contributed by atoms with Crippen molar-refractivity contribution in [3.05, 3.63) is 42.0 Å². The van der Waals surface area contributed by atoms with Crippen LogP contribution in [0.25, 0.3) is 17.3 Å². The molecule has 1 aliphatic heterocycles. The molecule has 2 aromatic rings. The Hall–Kier alpha value is -2.27. The van der Waals surface area contributed by atoms with Gasteiger partial charge in [-0.05, 0) is 18.7 Å². The molecule has 0 N–H and O–H groups in total. The molecule has 112 valence electrons. The number of hydrogen-bond donors (Lipinski definition) is 0. The van der Waals surface area contributed by atoms with Crippen LogP contribution < -0.4 is 4.90 Å². The molecular weight excluding hydrogens is 274 g/mol. The van der Waals surface area contributed by atoms with Gasteiger partial charge < -0.3 is 9.80 Å². The molecule has 0 saturated carbocycles. The number of likely N-dealkylation sites (N-methyl/N-ethyl adjacent to an activating group) is 1. The summed E-state index contributed by atoms with van der Waals surface area (Å²) in [5, 5.41) is 0. The fourth-order valence-corrected chi connectivity index (χ4v) is 2.95. The van der Waals surface area contributed by atoms with Crippen LogP contribution in [0.3, 0.4) is 0 Å². The first-order chi connectivity index (χ1) is 10.8. The third-order valence-corrected chi connectivity index (χ3v) is 4.36. The van der Waals surface area contributed by atoms with Gasteiger partial charge in [0.15, 0.2) is 0 Å². The van der Waals surface area contributed by atoms with E-state index in [0.717, 1.165) is 55.4 Å². The van der Waals surface area contributed by atoms with E-state index >= 15 is 0 Å². The predicted molar refractivity (Wildman–Crippen MR) is 87.7 cm³/mol. The van der Waals surface area contributed by atoms with Gasteiger partial charge in [-0.1, -0.05) is 12.2 Å². The summed E-state index contributed by atoms with van der Waals surface area (Å²) in [6.07, 6.45) is 10.8. The third-order valence-electron chi connectivity index (χ3n) is 4.36. The van der Waals surface area contributed by atoms with Crippen LogP contribution in [-0.2, 0) is 6.42 Å². The molecule has 2 aromatic heterocycles. The second-order valence-corrected chi connectivity index (χ2v) is 5.92. The highest BCUT2D eigenvalue weighted by molar-refractivity contribution is 5.67. The summed E-state index contributed by atoms with van der Waals surface area (Å²) in [4.78, 5) is 18.4. The van der Waals surface area contributed by atoms with Gasteiger partial charge in [-0.3, -0.25) is 9.97 Å². The number of anilines is 1. The number of nitrogens with zero attached hydrogens (tertiary/aromatic N) is 5. The first-order valence-corrected chi connectivity index (χ1v) is 7.71. The van der Waals surface area contributed by atoms with E-state index in [4.69, 9.17) is 4.98 Å². The fraction of sp³-hybridized carbons (Fsp3) is 0.353. The van der Waals surface area contributed by atoms with Crippen molar-refractivity contribution in [2.45, 2.75) is 6.42 Å². The molecule has 0 spiro atoms. The zero-order chi connectivity index (χ0) is 14.9. The van der Waals surface area contributed by atoms with Crippen LogP contribution in [0.4, 0.5) is 5.82 Å². The number of rotatable bonds is 2. The van der Waals surface area contributed by atoms with Gasteiger partial charge in [0.05, 0.1) is 23.8 Å². The zero-order valence-corrected chi connectivity index (χ0v) is 12.7. The van der Waals surface area contributed by atoms with Crippen LogP contribution >= 0.6 is 0 Å². The van der Waals surface area contributed by atoms with E-state index in [9.17, 15) is 0 Å².